The molecule has 0 bridgehead atoms. The van der Waals surface area contributed by atoms with Crippen LogP contribution in [0.25, 0.3) is 22.6 Å². The Hall–Kier alpha value is -3.12. The summed E-state index contributed by atoms with van der Waals surface area (Å²) in [4.78, 5) is 10.8. The summed E-state index contributed by atoms with van der Waals surface area (Å²) in [6.45, 7) is 2.06. The number of alkyl halides is 1. The summed E-state index contributed by atoms with van der Waals surface area (Å²) in [5.74, 6) is 1.02. The first-order chi connectivity index (χ1) is 16.1. The van der Waals surface area contributed by atoms with Crippen molar-refractivity contribution in [3.63, 3.8) is 0 Å². The van der Waals surface area contributed by atoms with Crippen LogP contribution in [-0.4, -0.2) is 43.5 Å². The quantitative estimate of drug-likeness (QED) is 0.540. The third kappa shape index (κ3) is 4.27. The zero-order valence-electron chi connectivity index (χ0n) is 18.4. The van der Waals surface area contributed by atoms with Gasteiger partial charge < -0.3 is 10.0 Å². The van der Waals surface area contributed by atoms with E-state index in [1.807, 2.05) is 6.07 Å². The van der Waals surface area contributed by atoms with Crippen LogP contribution in [0.4, 0.5) is 10.2 Å². The molecular formula is C24H25FN6OS. The lowest BCUT2D eigenvalue weighted by molar-refractivity contribution is 0.130. The number of benzene rings is 1. The molecule has 2 aliphatic rings. The van der Waals surface area contributed by atoms with Crippen molar-refractivity contribution < 1.29 is 9.50 Å². The van der Waals surface area contributed by atoms with Gasteiger partial charge in [0.15, 0.2) is 16.6 Å². The maximum absolute atomic E-state index is 15.3. The molecule has 3 atom stereocenters. The van der Waals surface area contributed by atoms with Gasteiger partial charge >= 0.3 is 0 Å². The summed E-state index contributed by atoms with van der Waals surface area (Å²) < 4.78 is 15.3. The number of thiazole rings is 1. The smallest absolute Gasteiger partial charge is 0.194 e. The van der Waals surface area contributed by atoms with E-state index in [9.17, 15) is 5.11 Å². The first kappa shape index (κ1) is 21.7. The summed E-state index contributed by atoms with van der Waals surface area (Å²) in [7, 11) is 0. The van der Waals surface area contributed by atoms with E-state index in [1.54, 1.807) is 29.8 Å². The second kappa shape index (κ2) is 9.02. The van der Waals surface area contributed by atoms with Gasteiger partial charge in [0.25, 0.3) is 0 Å². The minimum Gasteiger partial charge on any atom is -0.507 e. The molecule has 2 aromatic heterocycles. The molecule has 33 heavy (non-hydrogen) atoms. The van der Waals surface area contributed by atoms with Gasteiger partial charge in [-0.25, -0.2) is 14.4 Å². The fraction of sp³-hybridized carbons (Fsp3) is 0.458. The van der Waals surface area contributed by atoms with Crippen LogP contribution in [0.2, 0.25) is 0 Å². The molecule has 0 amide bonds. The topological polar surface area (TPSA) is 98.8 Å². The number of halogens is 1. The summed E-state index contributed by atoms with van der Waals surface area (Å²) in [5.41, 5.74) is 1.79. The number of phenolic OH excluding ortho intramolecular Hbond substituents is 1. The summed E-state index contributed by atoms with van der Waals surface area (Å²) >= 11 is 1.26. The third-order valence-corrected chi connectivity index (χ3v) is 7.41. The predicted octanol–water partition coefficient (Wildman–Crippen LogP) is 5.12. The molecule has 0 aliphatic heterocycles. The molecule has 2 saturated carbocycles. The first-order valence-electron chi connectivity index (χ1n) is 11.4. The second-order valence-electron chi connectivity index (χ2n) is 8.77. The van der Waals surface area contributed by atoms with Crippen molar-refractivity contribution in [3.05, 3.63) is 34.8 Å². The maximum atomic E-state index is 15.3. The van der Waals surface area contributed by atoms with Gasteiger partial charge in [-0.05, 0) is 43.7 Å². The number of aromatic hydroxyl groups is 1. The molecular weight excluding hydrogens is 439 g/mol. The Morgan fingerprint density at radius 1 is 1.24 bits per heavy atom. The lowest BCUT2D eigenvalue weighted by Crippen LogP contribution is -2.49. The monoisotopic (exact) mass is 464 g/mol. The highest BCUT2D eigenvalue weighted by atomic mass is 32.1. The van der Waals surface area contributed by atoms with Crippen molar-refractivity contribution in [2.75, 3.05) is 4.90 Å². The molecule has 5 rings (SSSR count). The number of nitriles is 1. The Balaban J connectivity index is 1.39. The maximum Gasteiger partial charge on any atom is 0.194 e. The molecule has 0 spiro atoms. The van der Waals surface area contributed by atoms with Gasteiger partial charge in [-0.3, -0.25) is 0 Å². The van der Waals surface area contributed by atoms with Crippen LogP contribution in [0.15, 0.2) is 29.8 Å². The highest BCUT2D eigenvalue weighted by molar-refractivity contribution is 7.10. The van der Waals surface area contributed by atoms with Crippen molar-refractivity contribution in [2.24, 2.45) is 5.92 Å². The molecule has 1 aromatic carbocycles. The Morgan fingerprint density at radius 3 is 2.73 bits per heavy atom. The number of hydrogen-bond acceptors (Lipinski definition) is 8. The van der Waals surface area contributed by atoms with E-state index in [-0.39, 0.29) is 17.7 Å². The van der Waals surface area contributed by atoms with Crippen LogP contribution in [-0.2, 0) is 0 Å². The van der Waals surface area contributed by atoms with Gasteiger partial charge in [-0.15, -0.1) is 21.5 Å². The highest BCUT2D eigenvalue weighted by Gasteiger charge is 2.42. The molecule has 1 N–H and O–H groups in total. The Labute approximate surface area is 196 Å². The summed E-state index contributed by atoms with van der Waals surface area (Å²) in [6, 6.07) is 7.25. The van der Waals surface area contributed by atoms with Crippen LogP contribution < -0.4 is 4.90 Å². The lowest BCUT2D eigenvalue weighted by atomic mass is 9.81. The van der Waals surface area contributed by atoms with Crippen LogP contribution in [0, 0.1) is 17.2 Å². The molecule has 2 heterocycles. The zero-order valence-corrected chi connectivity index (χ0v) is 19.2. The van der Waals surface area contributed by atoms with Crippen molar-refractivity contribution >= 4 is 17.2 Å². The van der Waals surface area contributed by atoms with Gasteiger partial charge in [-0.2, -0.15) is 5.26 Å². The second-order valence-corrected chi connectivity index (χ2v) is 9.63. The number of rotatable bonds is 6. The molecule has 2 fully saturated rings. The molecule has 170 valence electrons. The molecule has 2 aliphatic carbocycles. The zero-order chi connectivity index (χ0) is 22.9. The Kier molecular flexibility index (Phi) is 5.94. The number of nitrogens with zero attached hydrogens (tertiary/aromatic N) is 6. The fourth-order valence-corrected chi connectivity index (χ4v) is 5.39. The van der Waals surface area contributed by atoms with E-state index in [1.165, 1.54) is 11.3 Å². The van der Waals surface area contributed by atoms with Crippen molar-refractivity contribution in [2.45, 2.75) is 63.7 Å². The van der Waals surface area contributed by atoms with E-state index in [0.717, 1.165) is 38.5 Å². The van der Waals surface area contributed by atoms with Gasteiger partial charge in [0.1, 0.15) is 18.0 Å². The van der Waals surface area contributed by atoms with Gasteiger partial charge in [0.2, 0.25) is 0 Å². The number of aromatic nitrogens is 4. The SMILES string of the molecule is CC[C@@H]1CCC[C@H](N(c2cnc(-c3ccc(-c4csc(C#N)n4)cc3O)nn2)C2CC2)[C@@H]1F. The minimum absolute atomic E-state index is 0.00879. The summed E-state index contributed by atoms with van der Waals surface area (Å²) in [6.07, 6.45) is 6.51. The van der Waals surface area contributed by atoms with E-state index in [4.69, 9.17) is 5.26 Å². The van der Waals surface area contributed by atoms with E-state index in [0.29, 0.717) is 39.5 Å². The Bertz CT molecular complexity index is 1170. The average molecular weight is 465 g/mol. The van der Waals surface area contributed by atoms with Crippen molar-refractivity contribution in [1.82, 2.24) is 20.2 Å². The molecule has 0 unspecified atom stereocenters. The normalized spacial score (nSPS) is 22.6. The third-order valence-electron chi connectivity index (χ3n) is 6.66. The molecule has 7 nitrogen and oxygen atoms in total. The van der Waals surface area contributed by atoms with Crippen LogP contribution in [0.5, 0.6) is 5.75 Å². The average Bonchev–Trinajstić information content (AvgIpc) is 3.55. The van der Waals surface area contributed by atoms with Crippen molar-refractivity contribution in [3.8, 4) is 34.5 Å². The van der Waals surface area contributed by atoms with Gasteiger partial charge in [0.05, 0.1) is 23.5 Å². The van der Waals surface area contributed by atoms with Gasteiger partial charge in [-0.1, -0.05) is 25.8 Å². The highest BCUT2D eigenvalue weighted by Crippen LogP contribution is 2.40. The summed E-state index contributed by atoms with van der Waals surface area (Å²) in [5, 5.41) is 30.4. The van der Waals surface area contributed by atoms with Gasteiger partial charge in [0, 0.05) is 17.0 Å². The van der Waals surface area contributed by atoms with Crippen LogP contribution in [0.1, 0.15) is 50.5 Å². The van der Waals surface area contributed by atoms with E-state index in [2.05, 4.69) is 32.0 Å². The largest absolute Gasteiger partial charge is 0.507 e. The van der Waals surface area contributed by atoms with Crippen LogP contribution >= 0.6 is 11.3 Å². The predicted molar refractivity (Wildman–Crippen MR) is 125 cm³/mol. The molecule has 0 radical (unpaired) electrons. The molecule has 3 aromatic rings. The standard InChI is InChI=1S/C24H25FN6OS/c1-2-14-4-3-5-19(23(14)25)31(16-7-8-16)21-12-27-24(30-29-21)17-9-6-15(10-20(17)32)18-13-33-22(11-26)28-18/h6,9-10,12-14,16,19,23,32H,2-5,7-8H2,1H3/t14-,19+,23-/m1/s1. The number of anilines is 1. The Morgan fingerprint density at radius 2 is 2.09 bits per heavy atom. The van der Waals surface area contributed by atoms with Crippen molar-refractivity contribution in [1.29, 1.82) is 5.26 Å². The fourth-order valence-electron chi connectivity index (χ4n) is 4.77. The molecule has 9 heteroatoms. The molecule has 0 saturated heterocycles. The number of hydrogen-bond donors (Lipinski definition) is 1. The van der Waals surface area contributed by atoms with E-state index < -0.39 is 6.17 Å². The first-order valence-corrected chi connectivity index (χ1v) is 12.3. The number of phenols is 1. The van der Waals surface area contributed by atoms with Crippen LogP contribution in [0.3, 0.4) is 0 Å². The lowest BCUT2D eigenvalue weighted by Gasteiger charge is -2.40. The minimum atomic E-state index is -0.866. The van der Waals surface area contributed by atoms with E-state index >= 15 is 4.39 Å².